The van der Waals surface area contributed by atoms with Gasteiger partial charge in [0.1, 0.15) is 17.5 Å². The zero-order valence-corrected chi connectivity index (χ0v) is 12.5. The maximum absolute atomic E-state index is 9.86. The summed E-state index contributed by atoms with van der Waals surface area (Å²) in [5.74, 6) is 2.96. The van der Waals surface area contributed by atoms with Gasteiger partial charge in [-0.15, -0.1) is 0 Å². The van der Waals surface area contributed by atoms with Crippen LogP contribution in [0.15, 0.2) is 6.07 Å². The smallest absolute Gasteiger partial charge is 0.133 e. The average Bonchev–Trinajstić information content (AvgIpc) is 2.83. The van der Waals surface area contributed by atoms with Crippen LogP contribution in [0.5, 0.6) is 0 Å². The first-order valence-electron chi connectivity index (χ1n) is 7.76. The Labute approximate surface area is 121 Å². The Balaban J connectivity index is 2.01. The summed E-state index contributed by atoms with van der Waals surface area (Å²) >= 11 is 0. The summed E-state index contributed by atoms with van der Waals surface area (Å²) in [4.78, 5) is 9.04. The largest absolute Gasteiger partial charge is 0.393 e. The van der Waals surface area contributed by atoms with Gasteiger partial charge >= 0.3 is 0 Å². The fraction of sp³-hybridized carbons (Fsp3) is 0.733. The van der Waals surface area contributed by atoms with Gasteiger partial charge in [-0.2, -0.15) is 0 Å². The van der Waals surface area contributed by atoms with Gasteiger partial charge in [0.15, 0.2) is 0 Å². The second kappa shape index (κ2) is 7.43. The Kier molecular flexibility index (Phi) is 5.59. The van der Waals surface area contributed by atoms with Crippen molar-refractivity contribution in [2.45, 2.75) is 52.1 Å². The lowest BCUT2D eigenvalue weighted by Crippen LogP contribution is -2.22. The quantitative estimate of drug-likeness (QED) is 0.714. The molecule has 0 bridgehead atoms. The summed E-state index contributed by atoms with van der Waals surface area (Å²) in [6.07, 6.45) is 4.92. The van der Waals surface area contributed by atoms with E-state index in [1.165, 1.54) is 0 Å². The van der Waals surface area contributed by atoms with Crippen LogP contribution in [0.3, 0.4) is 0 Å². The van der Waals surface area contributed by atoms with Crippen molar-refractivity contribution in [1.82, 2.24) is 9.97 Å². The van der Waals surface area contributed by atoms with Crippen molar-refractivity contribution >= 4 is 11.6 Å². The molecule has 20 heavy (non-hydrogen) atoms. The van der Waals surface area contributed by atoms with Crippen LogP contribution in [0.1, 0.15) is 45.4 Å². The SMILES string of the molecule is CCCc1nc(NCC)cc(NCC2CCCC2O)n1. The second-order valence-electron chi connectivity index (χ2n) is 5.47. The van der Waals surface area contributed by atoms with E-state index in [1.54, 1.807) is 0 Å². The third-order valence-electron chi connectivity index (χ3n) is 3.77. The summed E-state index contributed by atoms with van der Waals surface area (Å²) in [5, 5.41) is 16.5. The molecule has 0 radical (unpaired) electrons. The Morgan fingerprint density at radius 1 is 1.20 bits per heavy atom. The fourth-order valence-electron chi connectivity index (χ4n) is 2.69. The number of aryl methyl sites for hydroxylation is 1. The van der Waals surface area contributed by atoms with Gasteiger partial charge in [0.05, 0.1) is 6.10 Å². The fourth-order valence-corrected chi connectivity index (χ4v) is 2.69. The van der Waals surface area contributed by atoms with E-state index in [4.69, 9.17) is 0 Å². The molecule has 1 heterocycles. The number of nitrogens with zero attached hydrogens (tertiary/aromatic N) is 2. The molecule has 1 saturated carbocycles. The molecule has 2 unspecified atom stereocenters. The van der Waals surface area contributed by atoms with Crippen LogP contribution in [-0.4, -0.2) is 34.3 Å². The molecular weight excluding hydrogens is 252 g/mol. The number of hydrogen-bond donors (Lipinski definition) is 3. The Morgan fingerprint density at radius 2 is 1.95 bits per heavy atom. The Morgan fingerprint density at radius 3 is 2.55 bits per heavy atom. The summed E-state index contributed by atoms with van der Waals surface area (Å²) in [5.41, 5.74) is 0. The monoisotopic (exact) mass is 278 g/mol. The highest BCUT2D eigenvalue weighted by Crippen LogP contribution is 2.25. The van der Waals surface area contributed by atoms with Crippen molar-refractivity contribution in [3.05, 3.63) is 11.9 Å². The van der Waals surface area contributed by atoms with E-state index in [2.05, 4.69) is 34.4 Å². The van der Waals surface area contributed by atoms with E-state index in [0.29, 0.717) is 5.92 Å². The number of rotatable bonds is 7. The molecule has 5 heteroatoms. The van der Waals surface area contributed by atoms with E-state index in [-0.39, 0.29) is 6.10 Å². The van der Waals surface area contributed by atoms with Gasteiger partial charge in [0.2, 0.25) is 0 Å². The van der Waals surface area contributed by atoms with Gasteiger partial charge in [-0.05, 0) is 26.2 Å². The van der Waals surface area contributed by atoms with Crippen molar-refractivity contribution in [3.8, 4) is 0 Å². The molecule has 0 aromatic carbocycles. The predicted octanol–water partition coefficient (Wildman–Crippen LogP) is 2.43. The molecule has 3 N–H and O–H groups in total. The van der Waals surface area contributed by atoms with Crippen LogP contribution in [-0.2, 0) is 6.42 Å². The van der Waals surface area contributed by atoms with Gasteiger partial charge in [-0.3, -0.25) is 0 Å². The molecule has 1 aromatic rings. The molecule has 1 aliphatic rings. The maximum Gasteiger partial charge on any atom is 0.133 e. The summed E-state index contributed by atoms with van der Waals surface area (Å²) in [7, 11) is 0. The van der Waals surface area contributed by atoms with Gasteiger partial charge in [-0.25, -0.2) is 9.97 Å². The number of hydrogen-bond acceptors (Lipinski definition) is 5. The van der Waals surface area contributed by atoms with E-state index in [1.807, 2.05) is 6.07 Å². The molecule has 1 fully saturated rings. The Hall–Kier alpha value is -1.36. The Bertz CT molecular complexity index is 400. The first kappa shape index (κ1) is 15.0. The summed E-state index contributed by atoms with van der Waals surface area (Å²) in [6.45, 7) is 5.83. The van der Waals surface area contributed by atoms with E-state index >= 15 is 0 Å². The molecule has 112 valence electrons. The maximum atomic E-state index is 9.86. The minimum atomic E-state index is -0.160. The molecular formula is C15H26N4O. The number of nitrogens with one attached hydrogen (secondary N) is 2. The second-order valence-corrected chi connectivity index (χ2v) is 5.47. The third kappa shape index (κ3) is 4.07. The zero-order chi connectivity index (χ0) is 14.4. The van der Waals surface area contributed by atoms with Crippen LogP contribution in [0.4, 0.5) is 11.6 Å². The molecule has 0 amide bonds. The van der Waals surface area contributed by atoms with Gasteiger partial charge in [0.25, 0.3) is 0 Å². The molecule has 1 aromatic heterocycles. The van der Waals surface area contributed by atoms with Crippen LogP contribution < -0.4 is 10.6 Å². The normalized spacial score (nSPS) is 21.9. The van der Waals surface area contributed by atoms with E-state index in [9.17, 15) is 5.11 Å². The van der Waals surface area contributed by atoms with Gasteiger partial charge in [-0.1, -0.05) is 13.3 Å². The lowest BCUT2D eigenvalue weighted by molar-refractivity contribution is 0.138. The molecule has 2 atom stereocenters. The van der Waals surface area contributed by atoms with Crippen molar-refractivity contribution in [2.24, 2.45) is 5.92 Å². The molecule has 5 nitrogen and oxygen atoms in total. The third-order valence-corrected chi connectivity index (χ3v) is 3.77. The highest BCUT2D eigenvalue weighted by molar-refractivity contribution is 5.47. The van der Waals surface area contributed by atoms with Crippen molar-refractivity contribution in [1.29, 1.82) is 0 Å². The molecule has 0 spiro atoms. The van der Waals surface area contributed by atoms with E-state index < -0.39 is 0 Å². The number of aromatic nitrogens is 2. The number of aliphatic hydroxyl groups excluding tert-OH is 1. The van der Waals surface area contributed by atoms with Crippen molar-refractivity contribution in [3.63, 3.8) is 0 Å². The van der Waals surface area contributed by atoms with Crippen LogP contribution in [0.25, 0.3) is 0 Å². The average molecular weight is 278 g/mol. The molecule has 0 saturated heterocycles. The standard InChI is InChI=1S/C15H26N4O/c1-3-6-13-18-14(16-4-2)9-15(19-13)17-10-11-7-5-8-12(11)20/h9,11-12,20H,3-8,10H2,1-2H3,(H2,16,17,18,19). The van der Waals surface area contributed by atoms with Crippen molar-refractivity contribution < 1.29 is 5.11 Å². The molecule has 0 aliphatic heterocycles. The first-order chi connectivity index (χ1) is 9.72. The highest BCUT2D eigenvalue weighted by atomic mass is 16.3. The number of aliphatic hydroxyl groups is 1. The zero-order valence-electron chi connectivity index (χ0n) is 12.5. The van der Waals surface area contributed by atoms with Crippen LogP contribution in [0.2, 0.25) is 0 Å². The molecule has 1 aliphatic carbocycles. The topological polar surface area (TPSA) is 70.1 Å². The van der Waals surface area contributed by atoms with Gasteiger partial charge < -0.3 is 15.7 Å². The summed E-state index contributed by atoms with van der Waals surface area (Å²) < 4.78 is 0. The number of anilines is 2. The minimum absolute atomic E-state index is 0.160. The first-order valence-corrected chi connectivity index (χ1v) is 7.76. The minimum Gasteiger partial charge on any atom is -0.393 e. The van der Waals surface area contributed by atoms with Gasteiger partial charge in [0, 0.05) is 31.5 Å². The molecule has 2 rings (SSSR count). The van der Waals surface area contributed by atoms with Crippen molar-refractivity contribution in [2.75, 3.05) is 23.7 Å². The lowest BCUT2D eigenvalue weighted by atomic mass is 10.1. The predicted molar refractivity (Wildman–Crippen MR) is 82.0 cm³/mol. The van der Waals surface area contributed by atoms with Crippen LogP contribution >= 0.6 is 0 Å². The summed E-state index contributed by atoms with van der Waals surface area (Å²) in [6, 6.07) is 1.95. The van der Waals surface area contributed by atoms with E-state index in [0.717, 1.165) is 62.7 Å². The highest BCUT2D eigenvalue weighted by Gasteiger charge is 2.24. The lowest BCUT2D eigenvalue weighted by Gasteiger charge is -2.16. The van der Waals surface area contributed by atoms with Crippen LogP contribution in [0, 0.1) is 5.92 Å².